The van der Waals surface area contributed by atoms with Gasteiger partial charge in [0.05, 0.1) is 17.2 Å². The third-order valence-corrected chi connectivity index (χ3v) is 4.79. The summed E-state index contributed by atoms with van der Waals surface area (Å²) in [5.74, 6) is -0.418. The van der Waals surface area contributed by atoms with Gasteiger partial charge in [0, 0.05) is 19.7 Å². The predicted molar refractivity (Wildman–Crippen MR) is 93.4 cm³/mol. The van der Waals surface area contributed by atoms with E-state index in [0.717, 1.165) is 23.5 Å². The van der Waals surface area contributed by atoms with E-state index in [-0.39, 0.29) is 12.1 Å². The van der Waals surface area contributed by atoms with Crippen LogP contribution in [0.2, 0.25) is 0 Å². The van der Waals surface area contributed by atoms with E-state index < -0.39 is 24.3 Å². The molecule has 3 rings (SSSR count). The number of amides is 1. The smallest absolute Gasteiger partial charge is 0.390 e. The predicted octanol–water partition coefficient (Wildman–Crippen LogP) is 3.23. The molecule has 27 heavy (non-hydrogen) atoms. The van der Waals surface area contributed by atoms with Gasteiger partial charge in [0.15, 0.2) is 0 Å². The number of aromatic nitrogens is 3. The number of aryl methyl sites for hydroxylation is 1. The van der Waals surface area contributed by atoms with Crippen molar-refractivity contribution in [2.75, 3.05) is 5.32 Å². The fourth-order valence-electron chi connectivity index (χ4n) is 2.48. The number of carbonyl (C=O) groups is 1. The highest BCUT2D eigenvalue weighted by Gasteiger charge is 2.30. The lowest BCUT2D eigenvalue weighted by molar-refractivity contribution is -0.137. The van der Waals surface area contributed by atoms with E-state index >= 15 is 0 Å². The minimum Gasteiger partial charge on any atom is -0.390 e. The molecule has 142 valence electrons. The first-order valence-corrected chi connectivity index (χ1v) is 8.64. The Morgan fingerprint density at radius 1 is 1.33 bits per heavy atom. The van der Waals surface area contributed by atoms with Crippen molar-refractivity contribution in [3.8, 4) is 0 Å². The molecule has 3 aromatic rings. The molecule has 2 aromatic heterocycles. The van der Waals surface area contributed by atoms with E-state index in [0.29, 0.717) is 21.3 Å². The summed E-state index contributed by atoms with van der Waals surface area (Å²) in [6, 6.07) is 6.52. The first-order valence-electron chi connectivity index (χ1n) is 7.83. The van der Waals surface area contributed by atoms with Gasteiger partial charge < -0.3 is 10.4 Å². The van der Waals surface area contributed by atoms with Crippen molar-refractivity contribution in [2.24, 2.45) is 7.05 Å². The second-order valence-electron chi connectivity index (χ2n) is 5.71. The maximum atomic E-state index is 12.8. The van der Waals surface area contributed by atoms with Crippen LogP contribution in [0.15, 0.2) is 36.5 Å². The molecule has 0 aliphatic heterocycles. The second kappa shape index (κ2) is 7.49. The molecule has 0 unspecified atom stereocenters. The van der Waals surface area contributed by atoms with E-state index in [1.165, 1.54) is 16.9 Å². The number of rotatable bonds is 5. The van der Waals surface area contributed by atoms with E-state index in [9.17, 15) is 23.1 Å². The topological polar surface area (TPSA) is 80.0 Å². The first kappa shape index (κ1) is 19.1. The summed E-state index contributed by atoms with van der Waals surface area (Å²) >= 11 is 1.11. The van der Waals surface area contributed by atoms with Gasteiger partial charge in [0.1, 0.15) is 16.4 Å². The number of anilines is 1. The molecule has 0 aliphatic rings. The Labute approximate surface area is 156 Å². The largest absolute Gasteiger partial charge is 0.416 e. The number of thiazole rings is 1. The molecule has 0 saturated heterocycles. The number of halogens is 3. The van der Waals surface area contributed by atoms with E-state index in [1.807, 2.05) is 0 Å². The molecule has 0 atom stereocenters. The normalized spacial score (nSPS) is 11.6. The Morgan fingerprint density at radius 3 is 2.74 bits per heavy atom. The van der Waals surface area contributed by atoms with E-state index in [1.54, 1.807) is 19.2 Å². The average molecular weight is 396 g/mol. The zero-order valence-corrected chi connectivity index (χ0v) is 14.9. The van der Waals surface area contributed by atoms with Crippen molar-refractivity contribution in [2.45, 2.75) is 19.2 Å². The zero-order chi connectivity index (χ0) is 19.6. The third kappa shape index (κ3) is 4.34. The molecular formula is C17H15F3N4O2S. The van der Waals surface area contributed by atoms with Crippen molar-refractivity contribution < 1.29 is 23.1 Å². The Hall–Kier alpha value is -2.72. The highest BCUT2D eigenvalue weighted by Crippen LogP contribution is 2.31. The summed E-state index contributed by atoms with van der Waals surface area (Å²) in [7, 11) is 1.62. The Morgan fingerprint density at radius 2 is 2.11 bits per heavy atom. The van der Waals surface area contributed by atoms with Crippen LogP contribution in [0, 0.1) is 0 Å². The number of aliphatic hydroxyl groups excluding tert-OH is 1. The SMILES string of the molecule is Cn1nccc1C(=O)Nc1sc(Cc2cccc(C(F)(F)F)c2)nc1CO. The molecule has 0 aliphatic carbocycles. The number of hydrogen-bond donors (Lipinski definition) is 2. The summed E-state index contributed by atoms with van der Waals surface area (Å²) < 4.78 is 39.9. The van der Waals surface area contributed by atoms with Crippen molar-refractivity contribution in [1.82, 2.24) is 14.8 Å². The lowest BCUT2D eigenvalue weighted by Crippen LogP contribution is -2.16. The Kier molecular flexibility index (Phi) is 5.29. The van der Waals surface area contributed by atoms with Gasteiger partial charge in [-0.2, -0.15) is 18.3 Å². The number of aliphatic hydroxyl groups is 1. The lowest BCUT2D eigenvalue weighted by Gasteiger charge is -2.07. The molecule has 0 radical (unpaired) electrons. The maximum absolute atomic E-state index is 12.8. The van der Waals surface area contributed by atoms with Crippen LogP contribution in [0.5, 0.6) is 0 Å². The Balaban J connectivity index is 1.81. The van der Waals surface area contributed by atoms with Crippen LogP contribution in [0.3, 0.4) is 0 Å². The lowest BCUT2D eigenvalue weighted by atomic mass is 10.1. The number of alkyl halides is 3. The standard InChI is InChI=1S/C17H15F3N4O2S/c1-24-13(5-6-21-24)15(26)23-16-12(9-25)22-14(27-16)8-10-3-2-4-11(7-10)17(18,19)20/h2-7,25H,8-9H2,1H3,(H,23,26). The van der Waals surface area contributed by atoms with E-state index in [2.05, 4.69) is 15.4 Å². The number of carbonyl (C=O) groups excluding carboxylic acids is 1. The molecule has 1 aromatic carbocycles. The summed E-state index contributed by atoms with van der Waals surface area (Å²) in [5, 5.41) is 16.9. The number of hydrogen-bond acceptors (Lipinski definition) is 5. The van der Waals surface area contributed by atoms with Gasteiger partial charge in [-0.25, -0.2) is 4.98 Å². The molecule has 10 heteroatoms. The molecule has 2 heterocycles. The van der Waals surface area contributed by atoms with Crippen LogP contribution < -0.4 is 5.32 Å². The molecule has 6 nitrogen and oxygen atoms in total. The molecule has 1 amide bonds. The fourth-order valence-corrected chi connectivity index (χ4v) is 3.48. The first-order chi connectivity index (χ1) is 12.8. The quantitative estimate of drug-likeness (QED) is 0.694. The van der Waals surface area contributed by atoms with Gasteiger partial charge in [-0.3, -0.25) is 9.48 Å². The number of nitrogens with zero attached hydrogens (tertiary/aromatic N) is 3. The van der Waals surface area contributed by atoms with Crippen LogP contribution in [-0.2, 0) is 26.3 Å². The highest BCUT2D eigenvalue weighted by molar-refractivity contribution is 7.16. The summed E-state index contributed by atoms with van der Waals surface area (Å²) in [4.78, 5) is 16.5. The fraction of sp³-hybridized carbons (Fsp3) is 0.235. The third-order valence-electron chi connectivity index (χ3n) is 3.78. The minimum absolute atomic E-state index is 0.156. The molecule has 0 fully saturated rings. The molecule has 0 spiro atoms. The summed E-state index contributed by atoms with van der Waals surface area (Å²) in [5.41, 5.74) is 0.292. The number of nitrogens with one attached hydrogen (secondary N) is 1. The van der Waals surface area contributed by atoms with Gasteiger partial charge in [-0.05, 0) is 17.7 Å². The van der Waals surface area contributed by atoms with Gasteiger partial charge in [-0.15, -0.1) is 11.3 Å². The van der Waals surface area contributed by atoms with Crippen LogP contribution >= 0.6 is 11.3 Å². The van der Waals surface area contributed by atoms with E-state index in [4.69, 9.17) is 0 Å². The molecule has 0 saturated carbocycles. The second-order valence-corrected chi connectivity index (χ2v) is 6.79. The van der Waals surface area contributed by atoms with Crippen LogP contribution in [0.25, 0.3) is 0 Å². The average Bonchev–Trinajstić information content (AvgIpc) is 3.20. The monoisotopic (exact) mass is 396 g/mol. The zero-order valence-electron chi connectivity index (χ0n) is 14.1. The van der Waals surface area contributed by atoms with Crippen LogP contribution in [-0.4, -0.2) is 25.8 Å². The molecular weight excluding hydrogens is 381 g/mol. The minimum atomic E-state index is -4.42. The van der Waals surface area contributed by atoms with Gasteiger partial charge in [0.2, 0.25) is 0 Å². The van der Waals surface area contributed by atoms with Crippen molar-refractivity contribution in [1.29, 1.82) is 0 Å². The Bertz CT molecular complexity index is 965. The molecule has 0 bridgehead atoms. The van der Waals surface area contributed by atoms with Gasteiger partial charge in [0.25, 0.3) is 5.91 Å². The summed E-state index contributed by atoms with van der Waals surface area (Å²) in [6.45, 7) is -0.403. The maximum Gasteiger partial charge on any atom is 0.416 e. The highest BCUT2D eigenvalue weighted by atomic mass is 32.1. The number of benzene rings is 1. The van der Waals surface area contributed by atoms with Crippen molar-refractivity contribution in [3.63, 3.8) is 0 Å². The van der Waals surface area contributed by atoms with Gasteiger partial charge >= 0.3 is 6.18 Å². The van der Waals surface area contributed by atoms with Gasteiger partial charge in [-0.1, -0.05) is 18.2 Å². The molecule has 2 N–H and O–H groups in total. The van der Waals surface area contributed by atoms with Crippen LogP contribution in [0.1, 0.15) is 32.3 Å². The van der Waals surface area contributed by atoms with Crippen molar-refractivity contribution >= 4 is 22.2 Å². The van der Waals surface area contributed by atoms with Crippen molar-refractivity contribution in [3.05, 3.63) is 64.1 Å². The van der Waals surface area contributed by atoms with Crippen LogP contribution in [0.4, 0.5) is 18.2 Å². The summed E-state index contributed by atoms with van der Waals surface area (Å²) in [6.07, 6.45) is -2.78.